The first kappa shape index (κ1) is 22.2. The van der Waals surface area contributed by atoms with Gasteiger partial charge in [0.1, 0.15) is 5.75 Å². The molecule has 0 spiro atoms. The van der Waals surface area contributed by atoms with Gasteiger partial charge in [-0.25, -0.2) is 0 Å². The standard InChI is InChI=1S/C27H33N3O2/c1-5-13-30-17-20-15-23(27(31)28-16-19-9-6-7-12-25(19)32-4)29-22(14-18(2)3)21-10-8-11-24(30)26(20)21/h5-12,17-18,22-23,29H,1,13-16H2,2-4H3,(H,28,31). The highest BCUT2D eigenvalue weighted by molar-refractivity contribution is 5.90. The van der Waals surface area contributed by atoms with Crippen LogP contribution in [-0.4, -0.2) is 23.6 Å². The molecule has 2 N–H and O–H groups in total. The molecule has 1 aliphatic heterocycles. The maximum absolute atomic E-state index is 13.3. The third-order valence-corrected chi connectivity index (χ3v) is 6.21. The first-order chi connectivity index (χ1) is 15.5. The minimum atomic E-state index is -0.302. The van der Waals surface area contributed by atoms with E-state index in [1.807, 2.05) is 30.3 Å². The van der Waals surface area contributed by atoms with Crippen LogP contribution in [0.3, 0.4) is 0 Å². The number of allylic oxidation sites excluding steroid dienone is 1. The zero-order chi connectivity index (χ0) is 22.7. The van der Waals surface area contributed by atoms with Gasteiger partial charge >= 0.3 is 0 Å². The Morgan fingerprint density at radius 3 is 2.84 bits per heavy atom. The van der Waals surface area contributed by atoms with Crippen LogP contribution in [-0.2, 0) is 24.3 Å². The molecule has 168 valence electrons. The second kappa shape index (κ2) is 9.61. The molecule has 0 fully saturated rings. The van der Waals surface area contributed by atoms with Gasteiger partial charge in [-0.3, -0.25) is 10.1 Å². The van der Waals surface area contributed by atoms with Crippen molar-refractivity contribution in [3.8, 4) is 5.75 Å². The molecule has 0 bridgehead atoms. The summed E-state index contributed by atoms with van der Waals surface area (Å²) in [4.78, 5) is 13.3. The third-order valence-electron chi connectivity index (χ3n) is 6.21. The molecule has 2 atom stereocenters. The summed E-state index contributed by atoms with van der Waals surface area (Å²) in [5, 5.41) is 8.10. The van der Waals surface area contributed by atoms with Crippen LogP contribution in [0, 0.1) is 5.92 Å². The maximum Gasteiger partial charge on any atom is 0.237 e. The molecular weight excluding hydrogens is 398 g/mol. The number of nitrogens with one attached hydrogen (secondary N) is 2. The van der Waals surface area contributed by atoms with Crippen LogP contribution >= 0.6 is 0 Å². The number of hydrogen-bond donors (Lipinski definition) is 2. The van der Waals surface area contributed by atoms with E-state index >= 15 is 0 Å². The predicted molar refractivity (Wildman–Crippen MR) is 130 cm³/mol. The Balaban J connectivity index is 1.64. The molecule has 4 rings (SSSR count). The number of ether oxygens (including phenoxy) is 1. The maximum atomic E-state index is 13.3. The molecule has 0 radical (unpaired) electrons. The van der Waals surface area contributed by atoms with Gasteiger partial charge in [-0.1, -0.05) is 50.3 Å². The van der Waals surface area contributed by atoms with E-state index in [-0.39, 0.29) is 18.0 Å². The summed E-state index contributed by atoms with van der Waals surface area (Å²) in [7, 11) is 1.65. The molecule has 0 saturated heterocycles. The lowest BCUT2D eigenvalue weighted by Gasteiger charge is -2.25. The second-order valence-corrected chi connectivity index (χ2v) is 8.97. The van der Waals surface area contributed by atoms with E-state index in [1.54, 1.807) is 7.11 Å². The van der Waals surface area contributed by atoms with Crippen molar-refractivity contribution in [1.82, 2.24) is 15.2 Å². The summed E-state index contributed by atoms with van der Waals surface area (Å²) in [5.74, 6) is 1.31. The Hall–Kier alpha value is -3.05. The molecule has 1 amide bonds. The zero-order valence-electron chi connectivity index (χ0n) is 19.2. The molecular formula is C27H33N3O2. The number of para-hydroxylation sites is 1. The van der Waals surface area contributed by atoms with Gasteiger partial charge in [-0.05, 0) is 42.0 Å². The van der Waals surface area contributed by atoms with E-state index in [4.69, 9.17) is 4.74 Å². The fourth-order valence-corrected chi connectivity index (χ4v) is 4.81. The Bertz CT molecular complexity index is 1120. The lowest BCUT2D eigenvalue weighted by atomic mass is 9.94. The highest BCUT2D eigenvalue weighted by Gasteiger charge is 2.30. The average Bonchev–Trinajstić information content (AvgIpc) is 3.05. The number of amides is 1. The number of hydrogen-bond acceptors (Lipinski definition) is 3. The minimum absolute atomic E-state index is 0.0158. The SMILES string of the molecule is C=CCn1cc2c3c(cccc31)C(CC(C)C)NC(C(=O)NCc1ccccc1OC)C2. The van der Waals surface area contributed by atoms with Crippen molar-refractivity contribution in [1.29, 1.82) is 0 Å². The third kappa shape index (κ3) is 4.44. The summed E-state index contributed by atoms with van der Waals surface area (Å²) in [6.07, 6.45) is 5.74. The van der Waals surface area contributed by atoms with E-state index in [2.05, 4.69) is 60.0 Å². The van der Waals surface area contributed by atoms with Gasteiger partial charge in [-0.2, -0.15) is 0 Å². The minimum Gasteiger partial charge on any atom is -0.496 e. The number of carbonyl (C=O) groups is 1. The van der Waals surface area contributed by atoms with Gasteiger partial charge in [0, 0.05) is 41.8 Å². The topological polar surface area (TPSA) is 55.3 Å². The summed E-state index contributed by atoms with van der Waals surface area (Å²) < 4.78 is 7.67. The van der Waals surface area contributed by atoms with Gasteiger partial charge in [0.15, 0.2) is 0 Å². The van der Waals surface area contributed by atoms with Crippen LogP contribution in [0.15, 0.2) is 61.3 Å². The fourth-order valence-electron chi connectivity index (χ4n) is 4.81. The van der Waals surface area contributed by atoms with Crippen LogP contribution in [0.4, 0.5) is 0 Å². The van der Waals surface area contributed by atoms with Crippen molar-refractivity contribution in [3.05, 3.63) is 78.0 Å². The highest BCUT2D eigenvalue weighted by atomic mass is 16.5. The normalized spacial score (nSPS) is 17.9. The van der Waals surface area contributed by atoms with Crippen LogP contribution in [0.25, 0.3) is 10.9 Å². The lowest BCUT2D eigenvalue weighted by molar-refractivity contribution is -0.123. The van der Waals surface area contributed by atoms with Crippen molar-refractivity contribution >= 4 is 16.8 Å². The van der Waals surface area contributed by atoms with E-state index in [9.17, 15) is 4.79 Å². The van der Waals surface area contributed by atoms with Crippen molar-refractivity contribution in [2.45, 2.75) is 51.9 Å². The molecule has 2 heterocycles. The van der Waals surface area contributed by atoms with Gasteiger partial charge < -0.3 is 14.6 Å². The largest absolute Gasteiger partial charge is 0.496 e. The molecule has 2 unspecified atom stereocenters. The highest BCUT2D eigenvalue weighted by Crippen LogP contribution is 2.35. The van der Waals surface area contributed by atoms with Crippen molar-refractivity contribution in [2.75, 3.05) is 7.11 Å². The molecule has 5 heteroatoms. The van der Waals surface area contributed by atoms with Gasteiger partial charge in [0.05, 0.1) is 13.2 Å². The smallest absolute Gasteiger partial charge is 0.237 e. The summed E-state index contributed by atoms with van der Waals surface area (Å²) in [5.41, 5.74) is 4.68. The van der Waals surface area contributed by atoms with E-state index in [0.717, 1.165) is 24.3 Å². The van der Waals surface area contributed by atoms with Crippen molar-refractivity contribution in [2.24, 2.45) is 5.92 Å². The number of benzene rings is 2. The van der Waals surface area contributed by atoms with E-state index in [1.165, 1.54) is 22.0 Å². The summed E-state index contributed by atoms with van der Waals surface area (Å²) in [6.45, 7) is 9.57. The van der Waals surface area contributed by atoms with Gasteiger partial charge in [-0.15, -0.1) is 6.58 Å². The average molecular weight is 432 g/mol. The van der Waals surface area contributed by atoms with Crippen molar-refractivity contribution in [3.63, 3.8) is 0 Å². The number of methoxy groups -OCH3 is 1. The Morgan fingerprint density at radius 2 is 2.09 bits per heavy atom. The summed E-state index contributed by atoms with van der Waals surface area (Å²) in [6, 6.07) is 14.1. The number of nitrogens with zero attached hydrogens (tertiary/aromatic N) is 1. The molecule has 2 aromatic carbocycles. The first-order valence-electron chi connectivity index (χ1n) is 11.4. The Morgan fingerprint density at radius 1 is 1.28 bits per heavy atom. The molecule has 0 saturated carbocycles. The molecule has 1 aliphatic rings. The lowest BCUT2D eigenvalue weighted by Crippen LogP contribution is -2.46. The second-order valence-electron chi connectivity index (χ2n) is 8.97. The number of carbonyl (C=O) groups excluding carboxylic acids is 1. The van der Waals surface area contributed by atoms with Gasteiger partial charge in [0.25, 0.3) is 0 Å². The van der Waals surface area contributed by atoms with E-state index < -0.39 is 0 Å². The Labute approximate surface area is 190 Å². The zero-order valence-corrected chi connectivity index (χ0v) is 19.2. The van der Waals surface area contributed by atoms with E-state index in [0.29, 0.717) is 18.9 Å². The van der Waals surface area contributed by atoms with Crippen LogP contribution in [0.1, 0.15) is 43.0 Å². The molecule has 5 nitrogen and oxygen atoms in total. The quantitative estimate of drug-likeness (QED) is 0.506. The molecule has 3 aromatic rings. The molecule has 1 aromatic heterocycles. The Kier molecular flexibility index (Phi) is 6.66. The predicted octanol–water partition coefficient (Wildman–Crippen LogP) is 4.75. The summed E-state index contributed by atoms with van der Waals surface area (Å²) >= 11 is 0. The van der Waals surface area contributed by atoms with Crippen LogP contribution in [0.2, 0.25) is 0 Å². The van der Waals surface area contributed by atoms with Gasteiger partial charge in [0.2, 0.25) is 5.91 Å². The van der Waals surface area contributed by atoms with Crippen LogP contribution < -0.4 is 15.4 Å². The first-order valence-corrected chi connectivity index (χ1v) is 11.4. The molecule has 0 aliphatic carbocycles. The van der Waals surface area contributed by atoms with Crippen molar-refractivity contribution < 1.29 is 9.53 Å². The monoisotopic (exact) mass is 431 g/mol. The number of rotatable bonds is 8. The van der Waals surface area contributed by atoms with Crippen LogP contribution in [0.5, 0.6) is 5.75 Å². The molecule has 32 heavy (non-hydrogen) atoms. The number of aromatic nitrogens is 1. The fraction of sp³-hybridized carbons (Fsp3) is 0.370.